The molecule has 1 aliphatic carbocycles. The number of carbonyl (C=O) groups excluding carboxylic acids is 2. The summed E-state index contributed by atoms with van der Waals surface area (Å²) in [6, 6.07) is 13.6. The number of aliphatic hydroxyl groups is 1. The van der Waals surface area contributed by atoms with Crippen molar-refractivity contribution in [2.45, 2.75) is 38.3 Å². The van der Waals surface area contributed by atoms with E-state index in [0.717, 1.165) is 29.5 Å². The van der Waals surface area contributed by atoms with Gasteiger partial charge in [0, 0.05) is 31.6 Å². The quantitative estimate of drug-likeness (QED) is 0.602. The molecule has 8 nitrogen and oxygen atoms in total. The number of anilines is 1. The van der Waals surface area contributed by atoms with E-state index in [0.29, 0.717) is 37.1 Å². The van der Waals surface area contributed by atoms with Gasteiger partial charge in [0.25, 0.3) is 5.91 Å². The number of nitrogen functional groups attached to an aromatic ring is 1. The zero-order chi connectivity index (χ0) is 23.2. The molecule has 2 aromatic carbocycles. The Kier molecular flexibility index (Phi) is 5.25. The number of nitrogens with zero attached hydrogens (tertiary/aromatic N) is 4. The van der Waals surface area contributed by atoms with Crippen molar-refractivity contribution in [3.63, 3.8) is 0 Å². The molecule has 170 valence electrons. The van der Waals surface area contributed by atoms with E-state index in [-0.39, 0.29) is 30.1 Å². The van der Waals surface area contributed by atoms with Gasteiger partial charge in [-0.25, -0.2) is 9.97 Å². The molecule has 0 spiro atoms. The van der Waals surface area contributed by atoms with Gasteiger partial charge in [0.05, 0.1) is 17.5 Å². The lowest BCUT2D eigenvalue weighted by Gasteiger charge is -2.26. The van der Waals surface area contributed by atoms with Gasteiger partial charge in [-0.3, -0.25) is 9.59 Å². The molecule has 8 heteroatoms. The normalized spacial score (nSPS) is 16.0. The predicted octanol–water partition coefficient (Wildman–Crippen LogP) is 2.24. The SMILES string of the molecule is CCN(CCO)C(=O)C1(c2ccc3nc(N)nc(C(=O)N4Cc5ccccc5C4)c3c2)CC1. The van der Waals surface area contributed by atoms with Crippen molar-refractivity contribution in [2.75, 3.05) is 25.4 Å². The topological polar surface area (TPSA) is 113 Å². The van der Waals surface area contributed by atoms with Crippen LogP contribution >= 0.6 is 0 Å². The van der Waals surface area contributed by atoms with E-state index in [1.165, 1.54) is 0 Å². The summed E-state index contributed by atoms with van der Waals surface area (Å²) in [6.45, 7) is 3.73. The number of likely N-dealkylation sites (N-methyl/N-ethyl adjacent to an activating group) is 1. The van der Waals surface area contributed by atoms with Crippen LogP contribution in [0.15, 0.2) is 42.5 Å². The van der Waals surface area contributed by atoms with Crippen LogP contribution in [-0.2, 0) is 23.3 Å². The van der Waals surface area contributed by atoms with Crippen molar-refractivity contribution in [1.29, 1.82) is 0 Å². The van der Waals surface area contributed by atoms with E-state index in [1.54, 1.807) is 9.80 Å². The van der Waals surface area contributed by atoms with E-state index < -0.39 is 5.41 Å². The molecule has 0 radical (unpaired) electrons. The van der Waals surface area contributed by atoms with Gasteiger partial charge in [-0.05, 0) is 48.6 Å². The lowest BCUT2D eigenvalue weighted by atomic mass is 9.92. The van der Waals surface area contributed by atoms with Crippen LogP contribution in [0, 0.1) is 0 Å². The Hall–Kier alpha value is -3.52. The molecule has 1 aliphatic heterocycles. The second-order valence-corrected chi connectivity index (χ2v) is 8.78. The highest BCUT2D eigenvalue weighted by Gasteiger charge is 2.52. The third-order valence-corrected chi connectivity index (χ3v) is 6.79. The first-order valence-electron chi connectivity index (χ1n) is 11.3. The number of hydrogen-bond acceptors (Lipinski definition) is 6. The molecule has 3 aromatic rings. The molecule has 0 unspecified atom stereocenters. The largest absolute Gasteiger partial charge is 0.395 e. The number of amides is 2. The minimum atomic E-state index is -0.620. The highest BCUT2D eigenvalue weighted by atomic mass is 16.3. The van der Waals surface area contributed by atoms with E-state index >= 15 is 0 Å². The van der Waals surface area contributed by atoms with Crippen LogP contribution in [0.5, 0.6) is 0 Å². The van der Waals surface area contributed by atoms with Gasteiger partial charge in [0.2, 0.25) is 11.9 Å². The van der Waals surface area contributed by atoms with E-state index in [9.17, 15) is 14.7 Å². The average Bonchev–Trinajstić information content (AvgIpc) is 3.52. The zero-order valence-corrected chi connectivity index (χ0v) is 18.6. The monoisotopic (exact) mass is 445 g/mol. The molecule has 2 amide bonds. The van der Waals surface area contributed by atoms with Crippen molar-refractivity contribution in [2.24, 2.45) is 0 Å². The number of nitrogens with two attached hydrogens (primary N) is 1. The van der Waals surface area contributed by atoms with Gasteiger partial charge < -0.3 is 20.6 Å². The Labute approximate surface area is 192 Å². The fourth-order valence-electron chi connectivity index (χ4n) is 4.81. The third kappa shape index (κ3) is 3.60. The maximum Gasteiger partial charge on any atom is 0.273 e. The molecule has 0 atom stereocenters. The van der Waals surface area contributed by atoms with Gasteiger partial charge in [0.1, 0.15) is 5.69 Å². The lowest BCUT2D eigenvalue weighted by Crippen LogP contribution is -2.40. The van der Waals surface area contributed by atoms with Crippen LogP contribution in [-0.4, -0.2) is 56.4 Å². The van der Waals surface area contributed by atoms with Crippen LogP contribution in [0.1, 0.15) is 46.9 Å². The number of aliphatic hydroxyl groups excluding tert-OH is 1. The van der Waals surface area contributed by atoms with Crippen molar-refractivity contribution >= 4 is 28.7 Å². The number of carbonyl (C=O) groups is 2. The summed E-state index contributed by atoms with van der Waals surface area (Å²) in [4.78, 5) is 38.9. The number of fused-ring (bicyclic) bond motifs is 2. The molecule has 2 heterocycles. The smallest absolute Gasteiger partial charge is 0.273 e. The molecule has 3 N–H and O–H groups in total. The highest BCUT2D eigenvalue weighted by molar-refractivity contribution is 6.05. The predicted molar refractivity (Wildman–Crippen MR) is 124 cm³/mol. The first kappa shape index (κ1) is 21.3. The van der Waals surface area contributed by atoms with Crippen LogP contribution in [0.4, 0.5) is 5.95 Å². The van der Waals surface area contributed by atoms with E-state index in [2.05, 4.69) is 9.97 Å². The van der Waals surface area contributed by atoms with Gasteiger partial charge >= 0.3 is 0 Å². The lowest BCUT2D eigenvalue weighted by molar-refractivity contribution is -0.134. The number of hydrogen-bond donors (Lipinski definition) is 2. The molecule has 1 aromatic heterocycles. The molecule has 1 saturated carbocycles. The summed E-state index contributed by atoms with van der Waals surface area (Å²) < 4.78 is 0. The van der Waals surface area contributed by atoms with Crippen molar-refractivity contribution in [1.82, 2.24) is 19.8 Å². The third-order valence-electron chi connectivity index (χ3n) is 6.79. The molecular weight excluding hydrogens is 418 g/mol. The maximum absolute atomic E-state index is 13.5. The molecule has 0 bridgehead atoms. The van der Waals surface area contributed by atoms with E-state index in [1.807, 2.05) is 49.4 Å². The molecule has 33 heavy (non-hydrogen) atoms. The summed E-state index contributed by atoms with van der Waals surface area (Å²) in [5, 5.41) is 9.95. The van der Waals surface area contributed by atoms with Crippen LogP contribution in [0.2, 0.25) is 0 Å². The summed E-state index contributed by atoms with van der Waals surface area (Å²) in [6.07, 6.45) is 1.47. The Balaban J connectivity index is 1.53. The fraction of sp³-hybridized carbons (Fsp3) is 0.360. The maximum atomic E-state index is 13.5. The number of benzene rings is 2. The molecule has 2 aliphatic rings. The van der Waals surface area contributed by atoms with Crippen LogP contribution in [0.25, 0.3) is 10.9 Å². The Morgan fingerprint density at radius 3 is 2.42 bits per heavy atom. The first-order chi connectivity index (χ1) is 16.0. The van der Waals surface area contributed by atoms with E-state index in [4.69, 9.17) is 5.73 Å². The minimum absolute atomic E-state index is 0.0117. The Morgan fingerprint density at radius 2 is 1.82 bits per heavy atom. The van der Waals surface area contributed by atoms with Gasteiger partial charge in [-0.15, -0.1) is 0 Å². The Morgan fingerprint density at radius 1 is 1.12 bits per heavy atom. The van der Waals surface area contributed by atoms with Crippen molar-refractivity contribution in [3.05, 3.63) is 64.8 Å². The van der Waals surface area contributed by atoms with Gasteiger partial charge in [0.15, 0.2) is 0 Å². The molecule has 0 saturated heterocycles. The van der Waals surface area contributed by atoms with Gasteiger partial charge in [-0.2, -0.15) is 0 Å². The second-order valence-electron chi connectivity index (χ2n) is 8.78. The molecular formula is C25H27N5O3. The second kappa shape index (κ2) is 8.12. The van der Waals surface area contributed by atoms with Gasteiger partial charge in [-0.1, -0.05) is 30.3 Å². The standard InChI is InChI=1S/C25H27N5O3/c1-2-29(11-12-31)23(33)25(9-10-25)18-7-8-20-19(13-18)21(28-24(26)27-20)22(32)30-14-16-5-3-4-6-17(16)15-30/h3-8,13,31H,2,9-12,14-15H2,1H3,(H2,26,27,28). The molecule has 5 rings (SSSR count). The van der Waals surface area contributed by atoms with Crippen molar-refractivity contribution < 1.29 is 14.7 Å². The van der Waals surface area contributed by atoms with Crippen LogP contribution < -0.4 is 5.73 Å². The Bertz CT molecular complexity index is 1230. The highest BCUT2D eigenvalue weighted by Crippen LogP contribution is 2.50. The van der Waals surface area contributed by atoms with Crippen molar-refractivity contribution in [3.8, 4) is 0 Å². The average molecular weight is 446 g/mol. The fourth-order valence-corrected chi connectivity index (χ4v) is 4.81. The summed E-state index contributed by atoms with van der Waals surface area (Å²) in [5.74, 6) is -0.139. The summed E-state index contributed by atoms with van der Waals surface area (Å²) >= 11 is 0. The van der Waals surface area contributed by atoms with Crippen LogP contribution in [0.3, 0.4) is 0 Å². The number of aromatic nitrogens is 2. The zero-order valence-electron chi connectivity index (χ0n) is 18.6. The minimum Gasteiger partial charge on any atom is -0.395 e. The first-order valence-corrected chi connectivity index (χ1v) is 11.3. The summed E-state index contributed by atoms with van der Waals surface area (Å²) in [7, 11) is 0. The summed E-state index contributed by atoms with van der Waals surface area (Å²) in [5.41, 5.74) is 9.27. The number of rotatable bonds is 6. The molecule has 1 fully saturated rings.